The van der Waals surface area contributed by atoms with E-state index in [1.165, 1.54) is 12.1 Å². The maximum absolute atomic E-state index is 15.0. The van der Waals surface area contributed by atoms with Crippen LogP contribution in [0.2, 0.25) is 0 Å². The summed E-state index contributed by atoms with van der Waals surface area (Å²) >= 11 is 0. The van der Waals surface area contributed by atoms with E-state index in [9.17, 15) is 28.1 Å². The summed E-state index contributed by atoms with van der Waals surface area (Å²) in [5.41, 5.74) is -5.45. The quantitative estimate of drug-likeness (QED) is 0.308. The Morgan fingerprint density at radius 2 is 1.43 bits per heavy atom. The van der Waals surface area contributed by atoms with Crippen molar-refractivity contribution in [2.45, 2.75) is 0 Å². The molecule has 0 fully saturated rings. The Morgan fingerprint density at radius 3 is 1.94 bits per heavy atom. The number of halogens is 5. The van der Waals surface area contributed by atoms with Crippen molar-refractivity contribution in [3.63, 3.8) is 0 Å². The molecular formula is C25H6F5N5. The van der Waals surface area contributed by atoms with E-state index in [4.69, 9.17) is 18.4 Å². The molecule has 3 aromatic carbocycles. The van der Waals surface area contributed by atoms with Crippen LogP contribution < -0.4 is 10.4 Å². The van der Waals surface area contributed by atoms with Gasteiger partial charge in [0.2, 0.25) is 0 Å². The van der Waals surface area contributed by atoms with Crippen molar-refractivity contribution in [1.29, 1.82) is 15.8 Å². The zero-order valence-corrected chi connectivity index (χ0v) is 17.1. The van der Waals surface area contributed by atoms with Crippen molar-refractivity contribution >= 4 is 17.0 Å². The van der Waals surface area contributed by atoms with Gasteiger partial charge in [-0.25, -0.2) is 36.9 Å². The van der Waals surface area contributed by atoms with Gasteiger partial charge in [0.05, 0.1) is 35.9 Å². The first kappa shape index (κ1) is 24.1. The molecule has 0 atom stereocenters. The summed E-state index contributed by atoms with van der Waals surface area (Å²) in [5.74, 6) is -9.17. The lowest BCUT2D eigenvalue weighted by atomic mass is 9.94. The average molecular weight is 471 g/mol. The molecule has 0 radical (unpaired) electrons. The lowest BCUT2D eigenvalue weighted by Gasteiger charge is -2.11. The zero-order valence-electron chi connectivity index (χ0n) is 17.1. The largest absolute Gasteiger partial charge is 0.268 e. The van der Waals surface area contributed by atoms with E-state index < -0.39 is 62.4 Å². The molecule has 5 nitrogen and oxygen atoms in total. The molecule has 35 heavy (non-hydrogen) atoms. The molecule has 0 bridgehead atoms. The molecule has 0 saturated carbocycles. The third-order valence-electron chi connectivity index (χ3n) is 4.90. The highest BCUT2D eigenvalue weighted by molar-refractivity contribution is 5.83. The van der Waals surface area contributed by atoms with E-state index in [0.717, 1.165) is 30.3 Å². The molecule has 0 N–H and O–H groups in total. The summed E-state index contributed by atoms with van der Waals surface area (Å²) in [5, 5.41) is 27.6. The van der Waals surface area contributed by atoms with Gasteiger partial charge >= 0.3 is 0 Å². The lowest BCUT2D eigenvalue weighted by molar-refractivity contribution is 0.457. The second kappa shape index (κ2) is 9.55. The van der Waals surface area contributed by atoms with Crippen LogP contribution in [0.4, 0.5) is 27.6 Å². The number of hydrogen-bond donors (Lipinski definition) is 0. The van der Waals surface area contributed by atoms with E-state index in [2.05, 4.69) is 9.69 Å². The fourth-order valence-electron chi connectivity index (χ4n) is 3.30. The van der Waals surface area contributed by atoms with Gasteiger partial charge in [-0.3, -0.25) is 0 Å². The van der Waals surface area contributed by atoms with Gasteiger partial charge in [-0.1, -0.05) is 30.3 Å². The number of rotatable bonds is 2. The van der Waals surface area contributed by atoms with Gasteiger partial charge in [-0.05, 0) is 16.8 Å². The first-order chi connectivity index (χ1) is 16.7. The summed E-state index contributed by atoms with van der Waals surface area (Å²) in [6, 6.07) is 11.4. The molecule has 0 aromatic heterocycles. The van der Waals surface area contributed by atoms with Gasteiger partial charge in [-0.2, -0.15) is 10.5 Å². The van der Waals surface area contributed by atoms with E-state index in [-0.39, 0.29) is 16.3 Å². The smallest absolute Gasteiger partial charge is 0.232 e. The third-order valence-corrected chi connectivity index (χ3v) is 4.90. The molecule has 0 aliphatic carbocycles. The van der Waals surface area contributed by atoms with Crippen molar-refractivity contribution in [1.82, 2.24) is 0 Å². The molecule has 166 valence electrons. The van der Waals surface area contributed by atoms with Crippen LogP contribution in [0.3, 0.4) is 0 Å². The second-order valence-corrected chi connectivity index (χ2v) is 6.69. The molecule has 3 aromatic rings. The van der Waals surface area contributed by atoms with E-state index in [1.807, 2.05) is 0 Å². The molecule has 0 spiro atoms. The van der Waals surface area contributed by atoms with Crippen LogP contribution >= 0.6 is 0 Å². The van der Waals surface area contributed by atoms with Gasteiger partial charge in [0.15, 0.2) is 23.3 Å². The molecule has 3 rings (SSSR count). The molecule has 0 aliphatic heterocycles. The summed E-state index contributed by atoms with van der Waals surface area (Å²) in [7, 11) is 0. The number of nitriles is 3. The summed E-state index contributed by atoms with van der Waals surface area (Å²) in [6.45, 7) is 13.8. The summed E-state index contributed by atoms with van der Waals surface area (Å²) in [4.78, 5) is 5.45. The van der Waals surface area contributed by atoms with Gasteiger partial charge in [0.1, 0.15) is 18.0 Å². The minimum Gasteiger partial charge on any atom is -0.232 e. The Hall–Kier alpha value is -5.50. The Kier molecular flexibility index (Phi) is 6.59. The highest BCUT2D eigenvalue weighted by Crippen LogP contribution is 2.33. The second-order valence-electron chi connectivity index (χ2n) is 6.69. The number of benzene rings is 3. The first-order valence-corrected chi connectivity index (χ1v) is 9.24. The van der Waals surface area contributed by atoms with Gasteiger partial charge in [-0.15, -0.1) is 0 Å². The van der Waals surface area contributed by atoms with Gasteiger partial charge < -0.3 is 0 Å². The zero-order chi connectivity index (χ0) is 25.9. The summed E-state index contributed by atoms with van der Waals surface area (Å²) in [6.07, 6.45) is 0. The van der Waals surface area contributed by atoms with Crippen LogP contribution in [0.25, 0.3) is 32.1 Å². The maximum Gasteiger partial charge on any atom is 0.268 e. The van der Waals surface area contributed by atoms with E-state index in [0.29, 0.717) is 0 Å². The van der Waals surface area contributed by atoms with E-state index in [1.54, 1.807) is 12.1 Å². The van der Waals surface area contributed by atoms with Crippen molar-refractivity contribution in [2.24, 2.45) is 0 Å². The van der Waals surface area contributed by atoms with Gasteiger partial charge in [0.25, 0.3) is 11.4 Å². The Morgan fingerprint density at radius 1 is 0.771 bits per heavy atom. The lowest BCUT2D eigenvalue weighted by Crippen LogP contribution is -2.18. The highest BCUT2D eigenvalue weighted by Gasteiger charge is 2.28. The predicted octanol–water partition coefficient (Wildman–Crippen LogP) is 4.75. The molecule has 10 heteroatoms. The fraction of sp³-hybridized carbons (Fsp3) is 0. The third kappa shape index (κ3) is 3.91. The number of nitrogens with zero attached hydrogens (tertiary/aromatic N) is 5. The van der Waals surface area contributed by atoms with Crippen molar-refractivity contribution < 1.29 is 22.0 Å². The van der Waals surface area contributed by atoms with Crippen LogP contribution in [0.5, 0.6) is 0 Å². The minimum atomic E-state index is -2.02. The van der Waals surface area contributed by atoms with Crippen LogP contribution in [0.15, 0.2) is 36.4 Å². The fourth-order valence-corrected chi connectivity index (χ4v) is 3.30. The van der Waals surface area contributed by atoms with Crippen LogP contribution in [-0.4, -0.2) is 0 Å². The SMILES string of the molecule is [C-]#[N+]/C(C#N)=c1\cc/c(=C(/C#N)c2c(F)c(F)c([N+]#[C-])c(F)c2F)c(-c2cccc(C#N)c2F)c1. The van der Waals surface area contributed by atoms with Crippen LogP contribution in [-0.2, 0) is 0 Å². The van der Waals surface area contributed by atoms with Crippen molar-refractivity contribution in [3.8, 4) is 29.3 Å². The standard InChI is InChI=1S/C25H6F5N5/c1-34-18(11-33)12-6-7-14(16(8-12)15-5-3-4-13(9-31)20(15)26)17(10-32)19-21(27)23(29)25(35-2)24(30)22(19)28/h3-8H/b17-14+,18-12+. The number of hydrogen-bond acceptors (Lipinski definition) is 3. The van der Waals surface area contributed by atoms with Gasteiger partial charge in [0, 0.05) is 10.8 Å². The normalized spacial score (nSPS) is 11.8. The van der Waals surface area contributed by atoms with Crippen LogP contribution in [0, 0.1) is 76.2 Å². The molecule has 0 amide bonds. The average Bonchev–Trinajstić information content (AvgIpc) is 2.87. The predicted molar refractivity (Wildman–Crippen MR) is 112 cm³/mol. The van der Waals surface area contributed by atoms with Crippen molar-refractivity contribution in [3.05, 3.63) is 110 Å². The Bertz CT molecular complexity index is 1710. The topological polar surface area (TPSA) is 80.1 Å². The molecule has 0 unspecified atom stereocenters. The summed E-state index contributed by atoms with van der Waals surface area (Å²) < 4.78 is 73.1. The maximum atomic E-state index is 15.0. The molecule has 0 heterocycles. The Labute approximate surface area is 194 Å². The Balaban J connectivity index is 2.67. The van der Waals surface area contributed by atoms with Crippen LogP contribution in [0.1, 0.15) is 11.1 Å². The molecule has 0 saturated heterocycles. The molecular weight excluding hydrogens is 465 g/mol. The minimum absolute atomic E-state index is 0.0537. The first-order valence-electron chi connectivity index (χ1n) is 9.24. The molecule has 0 aliphatic rings. The van der Waals surface area contributed by atoms with Crippen molar-refractivity contribution in [2.75, 3.05) is 0 Å². The monoisotopic (exact) mass is 471 g/mol. The van der Waals surface area contributed by atoms with E-state index >= 15 is 4.39 Å². The highest BCUT2D eigenvalue weighted by atomic mass is 19.2.